The van der Waals surface area contributed by atoms with Gasteiger partial charge in [0.25, 0.3) is 0 Å². The summed E-state index contributed by atoms with van der Waals surface area (Å²) in [5.41, 5.74) is 1.94. The van der Waals surface area contributed by atoms with E-state index in [0.29, 0.717) is 6.54 Å². The van der Waals surface area contributed by atoms with Gasteiger partial charge in [0.05, 0.1) is 23.8 Å². The fourth-order valence-electron chi connectivity index (χ4n) is 1.71. The predicted molar refractivity (Wildman–Crippen MR) is 79.1 cm³/mol. The second kappa shape index (κ2) is 6.63. The quantitative estimate of drug-likeness (QED) is 0.919. The zero-order chi connectivity index (χ0) is 13.7. The van der Waals surface area contributed by atoms with Gasteiger partial charge in [-0.2, -0.15) is 0 Å². The van der Waals surface area contributed by atoms with Gasteiger partial charge in [-0.25, -0.2) is 9.97 Å². The first kappa shape index (κ1) is 14.0. The lowest BCUT2D eigenvalue weighted by molar-refractivity contribution is 0.412. The number of aromatic nitrogens is 2. The summed E-state index contributed by atoms with van der Waals surface area (Å²) in [7, 11) is 1.65. The van der Waals surface area contributed by atoms with Crippen LogP contribution in [0.15, 0.2) is 34.9 Å². The van der Waals surface area contributed by atoms with Crippen LogP contribution in [0.4, 0.5) is 0 Å². The molecule has 19 heavy (non-hydrogen) atoms. The minimum atomic E-state index is 0.682. The molecule has 0 amide bonds. The highest BCUT2D eigenvalue weighted by atomic mass is 79.9. The highest BCUT2D eigenvalue weighted by molar-refractivity contribution is 9.10. The Bertz CT molecular complexity index is 560. The summed E-state index contributed by atoms with van der Waals surface area (Å²) >= 11 is 3.48. The van der Waals surface area contributed by atoms with E-state index in [1.807, 2.05) is 24.3 Å². The molecule has 5 heteroatoms. The molecular formula is C14H16BrN3O. The number of nitrogens with one attached hydrogen (secondary N) is 1. The topological polar surface area (TPSA) is 47.0 Å². The van der Waals surface area contributed by atoms with Gasteiger partial charge in [0.1, 0.15) is 11.6 Å². The average molecular weight is 322 g/mol. The second-order valence-electron chi connectivity index (χ2n) is 3.99. The van der Waals surface area contributed by atoms with E-state index < -0.39 is 0 Å². The van der Waals surface area contributed by atoms with Gasteiger partial charge in [-0.05, 0) is 46.7 Å². The highest BCUT2D eigenvalue weighted by Crippen LogP contribution is 2.29. The van der Waals surface area contributed by atoms with Gasteiger partial charge in [-0.1, -0.05) is 6.92 Å². The van der Waals surface area contributed by atoms with Crippen LogP contribution < -0.4 is 10.1 Å². The van der Waals surface area contributed by atoms with Crippen LogP contribution >= 0.6 is 15.9 Å². The maximum Gasteiger partial charge on any atom is 0.142 e. The zero-order valence-electron chi connectivity index (χ0n) is 11.0. The first-order valence-corrected chi connectivity index (χ1v) is 6.90. The Morgan fingerprint density at radius 3 is 2.84 bits per heavy atom. The molecule has 1 aromatic carbocycles. The Hall–Kier alpha value is -1.46. The lowest BCUT2D eigenvalue weighted by Gasteiger charge is -2.07. The third kappa shape index (κ3) is 3.52. The van der Waals surface area contributed by atoms with Crippen molar-refractivity contribution in [2.45, 2.75) is 13.5 Å². The molecule has 0 bridgehead atoms. The van der Waals surface area contributed by atoms with Gasteiger partial charge in [0, 0.05) is 11.8 Å². The summed E-state index contributed by atoms with van der Waals surface area (Å²) in [5, 5.41) is 3.22. The van der Waals surface area contributed by atoms with Crippen LogP contribution in [0.3, 0.4) is 0 Å². The minimum absolute atomic E-state index is 0.682. The molecule has 1 heterocycles. The van der Waals surface area contributed by atoms with Crippen LogP contribution in [-0.2, 0) is 6.54 Å². The number of hydrogen-bond acceptors (Lipinski definition) is 4. The van der Waals surface area contributed by atoms with Crippen molar-refractivity contribution in [3.8, 4) is 17.0 Å². The molecule has 4 nitrogen and oxygen atoms in total. The van der Waals surface area contributed by atoms with E-state index in [2.05, 4.69) is 38.1 Å². The SMILES string of the molecule is CCNCc1nccc(-c2ccc(OC)c(Br)c2)n1. The molecule has 0 aliphatic heterocycles. The maximum absolute atomic E-state index is 5.22. The van der Waals surface area contributed by atoms with Crippen LogP contribution in [0, 0.1) is 0 Å². The second-order valence-corrected chi connectivity index (χ2v) is 4.84. The van der Waals surface area contributed by atoms with E-state index in [4.69, 9.17) is 4.74 Å². The van der Waals surface area contributed by atoms with Crippen molar-refractivity contribution in [2.24, 2.45) is 0 Å². The van der Waals surface area contributed by atoms with Crippen LogP contribution in [-0.4, -0.2) is 23.6 Å². The van der Waals surface area contributed by atoms with E-state index >= 15 is 0 Å². The van der Waals surface area contributed by atoms with Crippen LogP contribution in [0.1, 0.15) is 12.7 Å². The normalized spacial score (nSPS) is 10.5. The van der Waals surface area contributed by atoms with E-state index in [9.17, 15) is 0 Å². The molecule has 0 saturated carbocycles. The molecular weight excluding hydrogens is 306 g/mol. The first-order chi connectivity index (χ1) is 9.24. The smallest absolute Gasteiger partial charge is 0.142 e. The standard InChI is InChI=1S/C14H16BrN3O/c1-3-16-9-14-17-7-6-12(18-14)10-4-5-13(19-2)11(15)8-10/h4-8,16H,3,9H2,1-2H3. The molecule has 0 atom stereocenters. The van der Waals surface area contributed by atoms with Gasteiger partial charge in [-0.15, -0.1) is 0 Å². The fourth-order valence-corrected chi connectivity index (χ4v) is 2.25. The molecule has 0 fully saturated rings. The Labute approximate surface area is 121 Å². The molecule has 2 aromatic rings. The molecule has 1 aromatic heterocycles. The van der Waals surface area contributed by atoms with E-state index in [0.717, 1.165) is 33.8 Å². The third-order valence-corrected chi connectivity index (χ3v) is 3.31. The summed E-state index contributed by atoms with van der Waals surface area (Å²) < 4.78 is 6.14. The number of rotatable bonds is 5. The average Bonchev–Trinajstić information content (AvgIpc) is 2.45. The monoisotopic (exact) mass is 321 g/mol. The Kier molecular flexibility index (Phi) is 4.87. The van der Waals surface area contributed by atoms with Crippen molar-refractivity contribution in [3.63, 3.8) is 0 Å². The number of halogens is 1. The molecule has 0 spiro atoms. The van der Waals surface area contributed by atoms with Crippen LogP contribution in [0.5, 0.6) is 5.75 Å². The van der Waals surface area contributed by atoms with Gasteiger partial charge >= 0.3 is 0 Å². The van der Waals surface area contributed by atoms with Crippen LogP contribution in [0.2, 0.25) is 0 Å². The van der Waals surface area contributed by atoms with Crippen molar-refractivity contribution in [1.29, 1.82) is 0 Å². The van der Waals surface area contributed by atoms with E-state index in [-0.39, 0.29) is 0 Å². The number of benzene rings is 1. The zero-order valence-corrected chi connectivity index (χ0v) is 12.6. The molecule has 1 N–H and O–H groups in total. The Morgan fingerprint density at radius 2 is 2.16 bits per heavy atom. The van der Waals surface area contributed by atoms with E-state index in [1.165, 1.54) is 0 Å². The molecule has 0 aliphatic rings. The molecule has 0 aliphatic carbocycles. The highest BCUT2D eigenvalue weighted by Gasteiger charge is 2.05. The summed E-state index contributed by atoms with van der Waals surface area (Å²) in [6, 6.07) is 7.82. The van der Waals surface area contributed by atoms with E-state index in [1.54, 1.807) is 13.3 Å². The summed E-state index contributed by atoms with van der Waals surface area (Å²) in [6.07, 6.45) is 1.78. The Balaban J connectivity index is 2.28. The largest absolute Gasteiger partial charge is 0.496 e. The summed E-state index contributed by atoms with van der Waals surface area (Å²) in [5.74, 6) is 1.61. The lowest BCUT2D eigenvalue weighted by Crippen LogP contribution is -2.14. The summed E-state index contributed by atoms with van der Waals surface area (Å²) in [6.45, 7) is 3.65. The number of hydrogen-bond donors (Lipinski definition) is 1. The van der Waals surface area contributed by atoms with Gasteiger partial charge in [-0.3, -0.25) is 0 Å². The fraction of sp³-hybridized carbons (Fsp3) is 0.286. The minimum Gasteiger partial charge on any atom is -0.496 e. The van der Waals surface area contributed by atoms with Crippen molar-refractivity contribution in [3.05, 3.63) is 40.8 Å². The van der Waals surface area contributed by atoms with Gasteiger partial charge in [0.2, 0.25) is 0 Å². The van der Waals surface area contributed by atoms with Gasteiger partial charge < -0.3 is 10.1 Å². The number of ether oxygens (including phenoxy) is 1. The molecule has 0 saturated heterocycles. The lowest BCUT2D eigenvalue weighted by atomic mass is 10.1. The van der Waals surface area contributed by atoms with Crippen molar-refractivity contribution in [1.82, 2.24) is 15.3 Å². The first-order valence-electron chi connectivity index (χ1n) is 6.11. The Morgan fingerprint density at radius 1 is 1.32 bits per heavy atom. The number of methoxy groups -OCH3 is 1. The molecule has 2 rings (SSSR count). The van der Waals surface area contributed by atoms with Gasteiger partial charge in [0.15, 0.2) is 0 Å². The van der Waals surface area contributed by atoms with Crippen LogP contribution in [0.25, 0.3) is 11.3 Å². The van der Waals surface area contributed by atoms with Crippen molar-refractivity contribution >= 4 is 15.9 Å². The third-order valence-electron chi connectivity index (χ3n) is 2.69. The summed E-state index contributed by atoms with van der Waals surface area (Å²) in [4.78, 5) is 8.79. The molecule has 0 unspecified atom stereocenters. The molecule has 0 radical (unpaired) electrons. The van der Waals surface area contributed by atoms with Crippen molar-refractivity contribution < 1.29 is 4.74 Å². The number of nitrogens with zero attached hydrogens (tertiary/aromatic N) is 2. The predicted octanol–water partition coefficient (Wildman–Crippen LogP) is 3.02. The van der Waals surface area contributed by atoms with Crippen molar-refractivity contribution in [2.75, 3.05) is 13.7 Å². The maximum atomic E-state index is 5.22. The molecule has 100 valence electrons.